The molecule has 1 fully saturated rings. The molecular formula is C23H26N4O3. The Labute approximate surface area is 175 Å². The summed E-state index contributed by atoms with van der Waals surface area (Å²) in [7, 11) is 1.62. The van der Waals surface area contributed by atoms with Gasteiger partial charge < -0.3 is 15.0 Å². The smallest absolute Gasteiger partial charge is 0.258 e. The third-order valence-electron chi connectivity index (χ3n) is 6.35. The lowest BCUT2D eigenvalue weighted by Gasteiger charge is -2.34. The van der Waals surface area contributed by atoms with Crippen LogP contribution < -0.4 is 20.5 Å². The van der Waals surface area contributed by atoms with Crippen LogP contribution in [-0.4, -0.2) is 36.0 Å². The van der Waals surface area contributed by atoms with Crippen LogP contribution in [0.25, 0.3) is 0 Å². The van der Waals surface area contributed by atoms with Gasteiger partial charge in [-0.25, -0.2) is 0 Å². The number of carbonyl (C=O) groups excluding carboxylic acids is 1. The average Bonchev–Trinajstić information content (AvgIpc) is 2.78. The highest BCUT2D eigenvalue weighted by molar-refractivity contribution is 6.00. The van der Waals surface area contributed by atoms with Crippen molar-refractivity contribution in [3.63, 3.8) is 0 Å². The predicted molar refractivity (Wildman–Crippen MR) is 115 cm³/mol. The van der Waals surface area contributed by atoms with Gasteiger partial charge in [0.15, 0.2) is 5.78 Å². The lowest BCUT2D eigenvalue weighted by atomic mass is 9.76. The summed E-state index contributed by atoms with van der Waals surface area (Å²) in [4.78, 5) is 36.2. The standard InChI is InChI=1S/C23H26N4O3/c1-30-15-10-8-14(9-11-15)18-19-16(6-5-7-17(19)28)24-21-20(18)22(29)26-23(25-21)27-12-3-2-4-13-27/h8-11,18H,2-7,12-13H2,1H3,(H2,24,25,26,29). The number of benzene rings is 1. The quantitative estimate of drug-likeness (QED) is 0.813. The molecule has 1 aliphatic carbocycles. The van der Waals surface area contributed by atoms with Crippen molar-refractivity contribution in [2.75, 3.05) is 30.4 Å². The van der Waals surface area contributed by atoms with Crippen molar-refractivity contribution in [1.82, 2.24) is 9.97 Å². The van der Waals surface area contributed by atoms with Crippen molar-refractivity contribution in [2.45, 2.75) is 44.4 Å². The van der Waals surface area contributed by atoms with Gasteiger partial charge in [-0.05, 0) is 49.8 Å². The van der Waals surface area contributed by atoms with Crippen molar-refractivity contribution in [3.05, 3.63) is 57.0 Å². The molecule has 1 saturated heterocycles. The van der Waals surface area contributed by atoms with E-state index in [1.54, 1.807) is 7.11 Å². The maximum Gasteiger partial charge on any atom is 0.258 e. The highest BCUT2D eigenvalue weighted by atomic mass is 16.5. The largest absolute Gasteiger partial charge is 0.497 e. The van der Waals surface area contributed by atoms with Crippen molar-refractivity contribution < 1.29 is 9.53 Å². The minimum Gasteiger partial charge on any atom is -0.497 e. The average molecular weight is 406 g/mol. The maximum absolute atomic E-state index is 13.3. The van der Waals surface area contributed by atoms with Crippen LogP contribution in [-0.2, 0) is 4.79 Å². The molecule has 0 amide bonds. The molecule has 2 aliphatic heterocycles. The van der Waals surface area contributed by atoms with Crippen molar-refractivity contribution in [3.8, 4) is 5.75 Å². The molecule has 0 bridgehead atoms. The monoisotopic (exact) mass is 406 g/mol. The molecule has 5 rings (SSSR count). The van der Waals surface area contributed by atoms with Crippen LogP contribution in [0.2, 0.25) is 0 Å². The molecule has 7 heteroatoms. The van der Waals surface area contributed by atoms with Crippen molar-refractivity contribution in [2.24, 2.45) is 0 Å². The zero-order valence-corrected chi connectivity index (χ0v) is 17.2. The summed E-state index contributed by atoms with van der Waals surface area (Å²) in [6.45, 7) is 1.80. The van der Waals surface area contributed by atoms with E-state index in [0.29, 0.717) is 29.3 Å². The first-order valence-electron chi connectivity index (χ1n) is 10.7. The number of hydrogen-bond acceptors (Lipinski definition) is 6. The number of allylic oxidation sites excluding steroid dienone is 2. The van der Waals surface area contributed by atoms with E-state index in [-0.39, 0.29) is 11.3 Å². The first kappa shape index (κ1) is 18.9. The number of hydrogen-bond donors (Lipinski definition) is 2. The Morgan fingerprint density at radius 2 is 1.80 bits per heavy atom. The molecule has 3 heterocycles. The second-order valence-corrected chi connectivity index (χ2v) is 8.20. The van der Waals surface area contributed by atoms with E-state index in [4.69, 9.17) is 9.72 Å². The molecule has 1 aromatic heterocycles. The number of anilines is 2. The summed E-state index contributed by atoms with van der Waals surface area (Å²) < 4.78 is 5.28. The highest BCUT2D eigenvalue weighted by Crippen LogP contribution is 2.43. The van der Waals surface area contributed by atoms with Gasteiger partial charge in [0.05, 0.1) is 12.7 Å². The zero-order valence-electron chi connectivity index (χ0n) is 17.2. The van der Waals surface area contributed by atoms with Gasteiger partial charge in [0.2, 0.25) is 5.95 Å². The number of ether oxygens (including phenoxy) is 1. The molecule has 0 radical (unpaired) electrons. The number of aromatic amines is 1. The van der Waals surface area contributed by atoms with E-state index in [2.05, 4.69) is 15.2 Å². The fraction of sp³-hybridized carbons (Fsp3) is 0.435. The fourth-order valence-electron chi connectivity index (χ4n) is 4.83. The topological polar surface area (TPSA) is 87.3 Å². The lowest BCUT2D eigenvalue weighted by molar-refractivity contribution is -0.116. The number of aromatic nitrogens is 2. The van der Waals surface area contributed by atoms with E-state index < -0.39 is 5.92 Å². The van der Waals surface area contributed by atoms with Gasteiger partial charge in [-0.2, -0.15) is 4.98 Å². The van der Waals surface area contributed by atoms with E-state index in [0.717, 1.165) is 55.8 Å². The van der Waals surface area contributed by atoms with Crippen LogP contribution in [0.5, 0.6) is 5.75 Å². The number of nitrogens with zero attached hydrogens (tertiary/aromatic N) is 2. The van der Waals surface area contributed by atoms with Crippen molar-refractivity contribution in [1.29, 1.82) is 0 Å². The van der Waals surface area contributed by atoms with Gasteiger partial charge >= 0.3 is 0 Å². The van der Waals surface area contributed by atoms with E-state index in [1.807, 2.05) is 24.3 Å². The van der Waals surface area contributed by atoms with Gasteiger partial charge in [0, 0.05) is 36.7 Å². The SMILES string of the molecule is COc1ccc(C2C3=C(CCCC3=O)Nc3nc(N4CCCCC4)[nH]c(=O)c32)cc1. The Hall–Kier alpha value is -3.09. The zero-order chi connectivity index (χ0) is 20.7. The molecule has 30 heavy (non-hydrogen) atoms. The van der Waals surface area contributed by atoms with Gasteiger partial charge in [-0.1, -0.05) is 12.1 Å². The summed E-state index contributed by atoms with van der Waals surface area (Å²) >= 11 is 0. The number of methoxy groups -OCH3 is 1. The normalized spacial score (nSPS) is 21.0. The Morgan fingerprint density at radius 1 is 1.03 bits per heavy atom. The minimum atomic E-state index is -0.415. The second kappa shape index (κ2) is 7.63. The lowest BCUT2D eigenvalue weighted by Crippen LogP contribution is -2.36. The van der Waals surface area contributed by atoms with Crippen LogP contribution in [0, 0.1) is 0 Å². The molecule has 3 aliphatic rings. The molecule has 1 atom stereocenters. The number of fused-ring (bicyclic) bond motifs is 1. The fourth-order valence-corrected chi connectivity index (χ4v) is 4.83. The Kier molecular flexibility index (Phi) is 4.81. The third-order valence-corrected chi connectivity index (χ3v) is 6.35. The van der Waals surface area contributed by atoms with Crippen LogP contribution >= 0.6 is 0 Å². The highest BCUT2D eigenvalue weighted by Gasteiger charge is 2.38. The Morgan fingerprint density at radius 3 is 2.53 bits per heavy atom. The molecule has 1 aromatic carbocycles. The van der Waals surface area contributed by atoms with E-state index in [9.17, 15) is 9.59 Å². The number of ketones is 1. The van der Waals surface area contributed by atoms with Gasteiger partial charge in [-0.3, -0.25) is 14.6 Å². The van der Waals surface area contributed by atoms with Gasteiger partial charge in [0.1, 0.15) is 11.6 Å². The van der Waals surface area contributed by atoms with E-state index >= 15 is 0 Å². The predicted octanol–water partition coefficient (Wildman–Crippen LogP) is 3.33. The molecule has 2 aromatic rings. The number of Topliss-reactive ketones (excluding diaryl/α,β-unsaturated/α-hetero) is 1. The Balaban J connectivity index is 1.65. The van der Waals surface area contributed by atoms with Crippen LogP contribution in [0.15, 0.2) is 40.3 Å². The number of rotatable bonds is 3. The molecule has 0 saturated carbocycles. The third kappa shape index (κ3) is 3.18. The first-order chi connectivity index (χ1) is 14.7. The first-order valence-corrected chi connectivity index (χ1v) is 10.7. The molecule has 156 valence electrons. The summed E-state index contributed by atoms with van der Waals surface area (Å²) in [6, 6.07) is 7.61. The maximum atomic E-state index is 13.3. The molecule has 2 N–H and O–H groups in total. The van der Waals surface area contributed by atoms with Gasteiger partial charge in [-0.15, -0.1) is 0 Å². The minimum absolute atomic E-state index is 0.106. The summed E-state index contributed by atoms with van der Waals surface area (Å²) in [6.07, 6.45) is 5.54. The molecule has 7 nitrogen and oxygen atoms in total. The summed E-state index contributed by atoms with van der Waals surface area (Å²) in [5.41, 5.74) is 2.85. The van der Waals surface area contributed by atoms with E-state index in [1.165, 1.54) is 6.42 Å². The number of carbonyl (C=O) groups is 1. The van der Waals surface area contributed by atoms with Crippen LogP contribution in [0.3, 0.4) is 0 Å². The van der Waals surface area contributed by atoms with Crippen molar-refractivity contribution >= 4 is 17.5 Å². The van der Waals surface area contributed by atoms with Crippen LogP contribution in [0.4, 0.5) is 11.8 Å². The van der Waals surface area contributed by atoms with Crippen LogP contribution in [0.1, 0.15) is 55.6 Å². The number of piperidine rings is 1. The molecule has 1 unspecified atom stereocenters. The number of H-pyrrole nitrogens is 1. The molecular weight excluding hydrogens is 380 g/mol. The molecule has 0 spiro atoms. The Bertz CT molecular complexity index is 1060. The number of nitrogens with one attached hydrogen (secondary N) is 2. The van der Waals surface area contributed by atoms with Gasteiger partial charge in [0.25, 0.3) is 5.56 Å². The summed E-state index contributed by atoms with van der Waals surface area (Å²) in [5.74, 6) is 1.63. The summed E-state index contributed by atoms with van der Waals surface area (Å²) in [5, 5.41) is 3.35. The second-order valence-electron chi connectivity index (χ2n) is 8.20.